The third-order valence-electron chi connectivity index (χ3n) is 3.69. The maximum atomic E-state index is 12.7. The van der Waals surface area contributed by atoms with Crippen LogP contribution in [0.5, 0.6) is 28.7 Å². The summed E-state index contributed by atoms with van der Waals surface area (Å²) in [7, 11) is 2.76. The Balaban J connectivity index is 2.29. The van der Waals surface area contributed by atoms with Crippen LogP contribution >= 0.6 is 0 Å². The molecule has 0 amide bonds. The molecule has 1 aromatic heterocycles. The number of methoxy groups -OCH3 is 2. The number of rotatable bonds is 3. The molecule has 2 aromatic carbocycles. The van der Waals surface area contributed by atoms with Gasteiger partial charge in [0.15, 0.2) is 11.5 Å². The van der Waals surface area contributed by atoms with Gasteiger partial charge in [-0.1, -0.05) is 0 Å². The van der Waals surface area contributed by atoms with Gasteiger partial charge in [-0.25, -0.2) is 0 Å². The van der Waals surface area contributed by atoms with E-state index in [-0.39, 0.29) is 33.6 Å². The second kappa shape index (κ2) is 5.69. The molecule has 0 fully saturated rings. The van der Waals surface area contributed by atoms with Crippen LogP contribution in [-0.4, -0.2) is 29.5 Å². The first-order valence-corrected chi connectivity index (χ1v) is 6.89. The van der Waals surface area contributed by atoms with Gasteiger partial charge < -0.3 is 29.2 Å². The Morgan fingerprint density at radius 1 is 0.958 bits per heavy atom. The minimum atomic E-state index is -0.559. The zero-order chi connectivity index (χ0) is 17.4. The number of fused-ring (bicyclic) bond motifs is 1. The van der Waals surface area contributed by atoms with Crippen LogP contribution in [0.25, 0.3) is 22.1 Å². The fraction of sp³-hybridized carbons (Fsp3) is 0.118. The Bertz CT molecular complexity index is 988. The van der Waals surface area contributed by atoms with Crippen LogP contribution in [0.1, 0.15) is 0 Å². The Morgan fingerprint density at radius 2 is 1.71 bits per heavy atom. The highest BCUT2D eigenvalue weighted by Gasteiger charge is 2.19. The molecule has 124 valence electrons. The van der Waals surface area contributed by atoms with Gasteiger partial charge in [-0.2, -0.15) is 0 Å². The van der Waals surface area contributed by atoms with Gasteiger partial charge in [-0.15, -0.1) is 0 Å². The number of ether oxygens (including phenoxy) is 2. The standard InChI is InChI=1S/C17H14O7/c1-22-8-5-11(18)14-13(6-8)24-7-10(15(14)19)9-3-4-12(23-2)17(21)16(9)20/h3-7,18,20-21H,1-2H3. The Labute approximate surface area is 135 Å². The van der Waals surface area contributed by atoms with Gasteiger partial charge in [0, 0.05) is 17.7 Å². The van der Waals surface area contributed by atoms with Crippen LogP contribution in [0.4, 0.5) is 0 Å². The van der Waals surface area contributed by atoms with Gasteiger partial charge in [0.1, 0.15) is 28.7 Å². The lowest BCUT2D eigenvalue weighted by Crippen LogP contribution is -2.05. The molecule has 1 heterocycles. The minimum absolute atomic E-state index is 0.0154. The summed E-state index contributed by atoms with van der Waals surface area (Å²) in [5.74, 6) is -0.922. The highest BCUT2D eigenvalue weighted by molar-refractivity contribution is 5.89. The van der Waals surface area contributed by atoms with Crippen LogP contribution in [-0.2, 0) is 0 Å². The normalized spacial score (nSPS) is 10.8. The second-order valence-corrected chi connectivity index (χ2v) is 5.01. The lowest BCUT2D eigenvalue weighted by Gasteiger charge is -2.10. The lowest BCUT2D eigenvalue weighted by atomic mass is 10.0. The van der Waals surface area contributed by atoms with Crippen molar-refractivity contribution in [3.05, 3.63) is 40.8 Å². The Kier molecular flexibility index (Phi) is 3.69. The molecule has 3 rings (SSSR count). The largest absolute Gasteiger partial charge is 0.507 e. The van der Waals surface area contributed by atoms with Gasteiger partial charge in [-0.05, 0) is 12.1 Å². The van der Waals surface area contributed by atoms with E-state index in [0.717, 1.165) is 6.26 Å². The maximum absolute atomic E-state index is 12.7. The van der Waals surface area contributed by atoms with Crippen molar-refractivity contribution in [2.75, 3.05) is 14.2 Å². The molecule has 0 saturated heterocycles. The van der Waals surface area contributed by atoms with E-state index in [4.69, 9.17) is 13.9 Å². The summed E-state index contributed by atoms with van der Waals surface area (Å²) in [5, 5.41) is 30.0. The smallest absolute Gasteiger partial charge is 0.204 e. The van der Waals surface area contributed by atoms with Crippen molar-refractivity contribution >= 4 is 11.0 Å². The van der Waals surface area contributed by atoms with Gasteiger partial charge >= 0.3 is 0 Å². The Morgan fingerprint density at radius 3 is 2.38 bits per heavy atom. The highest BCUT2D eigenvalue weighted by atomic mass is 16.5. The molecule has 0 spiro atoms. The molecule has 0 bridgehead atoms. The van der Waals surface area contributed by atoms with Crippen molar-refractivity contribution in [2.45, 2.75) is 0 Å². The number of benzene rings is 2. The second-order valence-electron chi connectivity index (χ2n) is 5.01. The summed E-state index contributed by atoms with van der Waals surface area (Å²) in [6.45, 7) is 0. The quantitative estimate of drug-likeness (QED) is 0.633. The molecule has 0 aliphatic heterocycles. The van der Waals surface area contributed by atoms with Crippen molar-refractivity contribution in [3.63, 3.8) is 0 Å². The fourth-order valence-electron chi connectivity index (χ4n) is 2.45. The monoisotopic (exact) mass is 330 g/mol. The topological polar surface area (TPSA) is 109 Å². The summed E-state index contributed by atoms with van der Waals surface area (Å²) in [5.41, 5.74) is -0.383. The third kappa shape index (κ3) is 2.26. The number of phenolic OH excluding ortho intramolecular Hbond substituents is 3. The lowest BCUT2D eigenvalue weighted by molar-refractivity contribution is 0.351. The van der Waals surface area contributed by atoms with Crippen LogP contribution < -0.4 is 14.9 Å². The molecule has 0 aliphatic rings. The summed E-state index contributed by atoms with van der Waals surface area (Å²) < 4.78 is 15.3. The fourth-order valence-corrected chi connectivity index (χ4v) is 2.45. The van der Waals surface area contributed by atoms with E-state index in [2.05, 4.69) is 0 Å². The SMILES string of the molecule is COc1cc(O)c2c(=O)c(-c3ccc(OC)c(O)c3O)coc2c1. The van der Waals surface area contributed by atoms with Crippen LogP contribution in [0.15, 0.2) is 39.7 Å². The molecule has 0 unspecified atom stereocenters. The van der Waals surface area contributed by atoms with E-state index in [1.807, 2.05) is 0 Å². The van der Waals surface area contributed by atoms with Crippen molar-refractivity contribution < 1.29 is 29.2 Å². The zero-order valence-corrected chi connectivity index (χ0v) is 12.9. The van der Waals surface area contributed by atoms with E-state index in [1.165, 1.54) is 38.5 Å². The van der Waals surface area contributed by atoms with Crippen molar-refractivity contribution in [3.8, 4) is 39.9 Å². The maximum Gasteiger partial charge on any atom is 0.204 e. The number of hydrogen-bond acceptors (Lipinski definition) is 7. The summed E-state index contributed by atoms with van der Waals surface area (Å²) in [6, 6.07) is 5.56. The number of hydrogen-bond donors (Lipinski definition) is 3. The molecule has 7 nitrogen and oxygen atoms in total. The molecule has 0 atom stereocenters. The molecule has 0 aliphatic carbocycles. The molecular formula is C17H14O7. The molecular weight excluding hydrogens is 316 g/mol. The van der Waals surface area contributed by atoms with Gasteiger partial charge in [0.25, 0.3) is 0 Å². The first-order valence-electron chi connectivity index (χ1n) is 6.89. The summed E-state index contributed by atoms with van der Waals surface area (Å²) >= 11 is 0. The third-order valence-corrected chi connectivity index (χ3v) is 3.69. The van der Waals surface area contributed by atoms with E-state index in [9.17, 15) is 20.1 Å². The number of phenols is 3. The van der Waals surface area contributed by atoms with Gasteiger partial charge in [0.05, 0.1) is 19.8 Å². The van der Waals surface area contributed by atoms with Crippen LogP contribution in [0, 0.1) is 0 Å². The molecule has 0 saturated carbocycles. The van der Waals surface area contributed by atoms with Gasteiger partial charge in [-0.3, -0.25) is 4.79 Å². The molecule has 3 N–H and O–H groups in total. The first-order chi connectivity index (χ1) is 11.5. The van der Waals surface area contributed by atoms with Crippen molar-refractivity contribution in [2.24, 2.45) is 0 Å². The summed E-state index contributed by atoms with van der Waals surface area (Å²) in [4.78, 5) is 12.7. The number of aromatic hydroxyl groups is 3. The predicted octanol–water partition coefficient (Wildman–Crippen LogP) is 2.59. The van der Waals surface area contributed by atoms with Crippen molar-refractivity contribution in [1.29, 1.82) is 0 Å². The van der Waals surface area contributed by atoms with Crippen molar-refractivity contribution in [1.82, 2.24) is 0 Å². The highest BCUT2D eigenvalue weighted by Crippen LogP contribution is 2.42. The minimum Gasteiger partial charge on any atom is -0.507 e. The molecule has 0 radical (unpaired) electrons. The van der Waals surface area contributed by atoms with Gasteiger partial charge in [0.2, 0.25) is 11.2 Å². The van der Waals surface area contributed by atoms with Crippen LogP contribution in [0.3, 0.4) is 0 Å². The zero-order valence-electron chi connectivity index (χ0n) is 12.9. The van der Waals surface area contributed by atoms with E-state index < -0.39 is 16.9 Å². The predicted molar refractivity (Wildman–Crippen MR) is 86.0 cm³/mol. The average Bonchev–Trinajstić information content (AvgIpc) is 2.57. The molecule has 3 aromatic rings. The average molecular weight is 330 g/mol. The molecule has 24 heavy (non-hydrogen) atoms. The van der Waals surface area contributed by atoms with Crippen LogP contribution in [0.2, 0.25) is 0 Å². The van der Waals surface area contributed by atoms with E-state index in [1.54, 1.807) is 0 Å². The summed E-state index contributed by atoms with van der Waals surface area (Å²) in [6.07, 6.45) is 1.14. The first kappa shape index (κ1) is 15.5. The van der Waals surface area contributed by atoms with E-state index >= 15 is 0 Å². The molecule has 7 heteroatoms. The Hall–Kier alpha value is -3.35. The van der Waals surface area contributed by atoms with E-state index in [0.29, 0.717) is 5.75 Å².